The van der Waals surface area contributed by atoms with Crippen molar-refractivity contribution in [2.24, 2.45) is 5.84 Å². The minimum Gasteiger partial charge on any atom is -0.382 e. The van der Waals surface area contributed by atoms with Crippen molar-refractivity contribution in [2.75, 3.05) is 7.11 Å². The van der Waals surface area contributed by atoms with Gasteiger partial charge in [-0.05, 0) is 38.2 Å². The van der Waals surface area contributed by atoms with Gasteiger partial charge in [-0.15, -0.1) is 0 Å². The van der Waals surface area contributed by atoms with Crippen molar-refractivity contribution in [2.45, 2.75) is 44.8 Å². The molecule has 0 bridgehead atoms. The highest BCUT2D eigenvalue weighted by Gasteiger charge is 2.10. The van der Waals surface area contributed by atoms with Crippen LogP contribution in [0.2, 0.25) is 0 Å². The Morgan fingerprint density at radius 2 is 2.00 bits per heavy atom. The summed E-state index contributed by atoms with van der Waals surface area (Å²) >= 11 is 0. The maximum absolute atomic E-state index is 5.55. The summed E-state index contributed by atoms with van der Waals surface area (Å²) in [7, 11) is 1.74. The monoisotopic (exact) mass is 236 g/mol. The first-order valence-electron chi connectivity index (χ1n) is 6.29. The van der Waals surface area contributed by atoms with Crippen LogP contribution in [-0.2, 0) is 11.2 Å². The van der Waals surface area contributed by atoms with Crippen LogP contribution in [0.3, 0.4) is 0 Å². The zero-order valence-corrected chi connectivity index (χ0v) is 10.9. The minimum absolute atomic E-state index is 0.257. The molecule has 0 amide bonds. The predicted octanol–water partition coefficient (Wildman–Crippen LogP) is 2.27. The van der Waals surface area contributed by atoms with Gasteiger partial charge in [0.2, 0.25) is 0 Å². The van der Waals surface area contributed by atoms with Crippen molar-refractivity contribution >= 4 is 0 Å². The first-order chi connectivity index (χ1) is 8.26. The van der Waals surface area contributed by atoms with Crippen molar-refractivity contribution in [1.29, 1.82) is 0 Å². The summed E-state index contributed by atoms with van der Waals surface area (Å²) in [5, 5.41) is 0. The fraction of sp³-hybridized carbons (Fsp3) is 0.571. The molecule has 1 aromatic rings. The molecule has 0 saturated carbocycles. The summed E-state index contributed by atoms with van der Waals surface area (Å²) in [6.07, 6.45) is 4.56. The molecule has 0 radical (unpaired) electrons. The first kappa shape index (κ1) is 14.2. The van der Waals surface area contributed by atoms with Crippen molar-refractivity contribution in [3.63, 3.8) is 0 Å². The Labute approximate surface area is 104 Å². The van der Waals surface area contributed by atoms with E-state index in [1.165, 1.54) is 5.56 Å². The van der Waals surface area contributed by atoms with Crippen LogP contribution in [-0.4, -0.2) is 19.3 Å². The molecule has 0 saturated heterocycles. The molecule has 17 heavy (non-hydrogen) atoms. The van der Waals surface area contributed by atoms with Crippen LogP contribution < -0.4 is 11.3 Å². The fourth-order valence-corrected chi connectivity index (χ4v) is 1.96. The number of benzene rings is 1. The summed E-state index contributed by atoms with van der Waals surface area (Å²) in [4.78, 5) is 0. The third-order valence-electron chi connectivity index (χ3n) is 3.12. The molecule has 3 nitrogen and oxygen atoms in total. The maximum atomic E-state index is 5.55. The van der Waals surface area contributed by atoms with E-state index in [4.69, 9.17) is 10.6 Å². The van der Waals surface area contributed by atoms with Gasteiger partial charge in [-0.3, -0.25) is 11.3 Å². The Bertz CT molecular complexity index is 290. The predicted molar refractivity (Wildman–Crippen MR) is 71.6 cm³/mol. The molecule has 0 heterocycles. The van der Waals surface area contributed by atoms with Crippen molar-refractivity contribution in [3.05, 3.63) is 35.9 Å². The highest BCUT2D eigenvalue weighted by atomic mass is 16.5. The number of nitrogens with two attached hydrogens (primary N) is 1. The lowest BCUT2D eigenvalue weighted by atomic mass is 10.0. The molecule has 2 unspecified atom stereocenters. The zero-order chi connectivity index (χ0) is 12.5. The van der Waals surface area contributed by atoms with E-state index in [1.54, 1.807) is 7.11 Å². The standard InChI is InChI=1S/C14H24N2O/c1-12(17-2)11-14(16-15)10-6-9-13-7-4-3-5-8-13/h3-5,7-8,12,14,16H,6,9-11,15H2,1-2H3. The third kappa shape index (κ3) is 5.82. The number of aryl methyl sites for hydroxylation is 1. The fourth-order valence-electron chi connectivity index (χ4n) is 1.96. The average Bonchev–Trinajstić information content (AvgIpc) is 2.38. The number of hydrogen-bond donors (Lipinski definition) is 2. The summed E-state index contributed by atoms with van der Waals surface area (Å²) in [5.41, 5.74) is 4.27. The largest absolute Gasteiger partial charge is 0.382 e. The van der Waals surface area contributed by atoms with Gasteiger partial charge in [0.05, 0.1) is 6.10 Å². The maximum Gasteiger partial charge on any atom is 0.0558 e. The van der Waals surface area contributed by atoms with E-state index in [1.807, 2.05) is 6.07 Å². The summed E-state index contributed by atoms with van der Waals surface area (Å²) in [5.74, 6) is 5.55. The Morgan fingerprint density at radius 1 is 1.29 bits per heavy atom. The van der Waals surface area contributed by atoms with Crippen molar-refractivity contribution in [1.82, 2.24) is 5.43 Å². The van der Waals surface area contributed by atoms with Crippen LogP contribution in [0.1, 0.15) is 31.7 Å². The number of hydrazine groups is 1. The van der Waals surface area contributed by atoms with Gasteiger partial charge in [0.15, 0.2) is 0 Å². The number of ether oxygens (including phenoxy) is 1. The van der Waals surface area contributed by atoms with Gasteiger partial charge < -0.3 is 4.74 Å². The average molecular weight is 236 g/mol. The lowest BCUT2D eigenvalue weighted by molar-refractivity contribution is 0.0990. The van der Waals surface area contributed by atoms with E-state index in [0.717, 1.165) is 25.7 Å². The first-order valence-corrected chi connectivity index (χ1v) is 6.29. The molecule has 96 valence electrons. The number of rotatable bonds is 8. The molecule has 0 spiro atoms. The van der Waals surface area contributed by atoms with E-state index in [-0.39, 0.29) is 6.10 Å². The Hall–Kier alpha value is -0.900. The lowest BCUT2D eigenvalue weighted by Gasteiger charge is -2.19. The van der Waals surface area contributed by atoms with Gasteiger partial charge >= 0.3 is 0 Å². The van der Waals surface area contributed by atoms with Crippen molar-refractivity contribution < 1.29 is 4.74 Å². The molecule has 2 atom stereocenters. The Kier molecular flexibility index (Phi) is 6.86. The van der Waals surface area contributed by atoms with E-state index in [0.29, 0.717) is 6.04 Å². The van der Waals surface area contributed by atoms with Crippen LogP contribution in [0.25, 0.3) is 0 Å². The molecule has 0 aliphatic heterocycles. The highest BCUT2D eigenvalue weighted by molar-refractivity contribution is 5.14. The minimum atomic E-state index is 0.257. The molecule has 1 aromatic carbocycles. The molecule has 0 aliphatic carbocycles. The van der Waals surface area contributed by atoms with Gasteiger partial charge in [-0.25, -0.2) is 0 Å². The lowest BCUT2D eigenvalue weighted by Crippen LogP contribution is -2.37. The summed E-state index contributed by atoms with van der Waals surface area (Å²) in [6, 6.07) is 10.9. The molecule has 1 rings (SSSR count). The molecule has 3 N–H and O–H groups in total. The number of methoxy groups -OCH3 is 1. The molecule has 0 aliphatic rings. The van der Waals surface area contributed by atoms with Crippen LogP contribution in [0, 0.1) is 0 Å². The van der Waals surface area contributed by atoms with Crippen LogP contribution in [0.5, 0.6) is 0 Å². The molecule has 0 fully saturated rings. The van der Waals surface area contributed by atoms with Gasteiger partial charge in [0.25, 0.3) is 0 Å². The van der Waals surface area contributed by atoms with Gasteiger partial charge in [-0.1, -0.05) is 30.3 Å². The molecular weight excluding hydrogens is 212 g/mol. The van der Waals surface area contributed by atoms with Crippen LogP contribution in [0.4, 0.5) is 0 Å². The van der Waals surface area contributed by atoms with E-state index >= 15 is 0 Å². The quantitative estimate of drug-likeness (QED) is 0.537. The van der Waals surface area contributed by atoms with E-state index in [2.05, 4.69) is 36.6 Å². The van der Waals surface area contributed by atoms with Gasteiger partial charge in [0, 0.05) is 13.2 Å². The second-order valence-electron chi connectivity index (χ2n) is 4.52. The number of hydrogen-bond acceptors (Lipinski definition) is 3. The summed E-state index contributed by atoms with van der Waals surface area (Å²) in [6.45, 7) is 2.07. The second-order valence-corrected chi connectivity index (χ2v) is 4.52. The van der Waals surface area contributed by atoms with E-state index < -0.39 is 0 Å². The summed E-state index contributed by atoms with van der Waals surface area (Å²) < 4.78 is 5.25. The molecule has 0 aromatic heterocycles. The van der Waals surface area contributed by atoms with Crippen LogP contribution in [0.15, 0.2) is 30.3 Å². The normalized spacial score (nSPS) is 14.5. The van der Waals surface area contributed by atoms with Gasteiger partial charge in [0.1, 0.15) is 0 Å². The van der Waals surface area contributed by atoms with Crippen LogP contribution >= 0.6 is 0 Å². The second kappa shape index (κ2) is 8.23. The Balaban J connectivity index is 2.24. The smallest absolute Gasteiger partial charge is 0.0558 e. The topological polar surface area (TPSA) is 47.3 Å². The zero-order valence-electron chi connectivity index (χ0n) is 10.9. The van der Waals surface area contributed by atoms with Crippen molar-refractivity contribution in [3.8, 4) is 0 Å². The SMILES string of the molecule is COC(C)CC(CCCc1ccccc1)NN. The molecular formula is C14H24N2O. The third-order valence-corrected chi connectivity index (χ3v) is 3.12. The van der Waals surface area contributed by atoms with E-state index in [9.17, 15) is 0 Å². The van der Waals surface area contributed by atoms with Gasteiger partial charge in [-0.2, -0.15) is 0 Å². The number of nitrogens with one attached hydrogen (secondary N) is 1. The highest BCUT2D eigenvalue weighted by Crippen LogP contribution is 2.10. The Morgan fingerprint density at radius 3 is 2.59 bits per heavy atom. The molecule has 3 heteroatoms.